The zero-order valence-corrected chi connectivity index (χ0v) is 13.4. The molecule has 2 aromatic rings. The lowest BCUT2D eigenvalue weighted by Crippen LogP contribution is -2.46. The number of aromatic nitrogens is 2. The molecule has 1 N–H and O–H groups in total. The Morgan fingerprint density at radius 1 is 1.15 bits per heavy atom. The highest BCUT2D eigenvalue weighted by Gasteiger charge is 2.21. The lowest BCUT2D eigenvalue weighted by molar-refractivity contribution is 0.650. The summed E-state index contributed by atoms with van der Waals surface area (Å²) < 4.78 is 0. The molecular weight excluding hydrogens is 290 g/mol. The van der Waals surface area contributed by atoms with Crippen molar-refractivity contribution in [3.8, 4) is 0 Å². The van der Waals surface area contributed by atoms with Crippen molar-refractivity contribution in [2.24, 2.45) is 0 Å². The second-order valence-corrected chi connectivity index (χ2v) is 6.76. The Balaban J connectivity index is 1.62. The van der Waals surface area contributed by atoms with Crippen LogP contribution in [0.5, 0.6) is 0 Å². The monoisotopic (exact) mass is 309 g/mol. The SMILES string of the molecule is CNC(C)c1cnc(N2CCN(c3nccs3)CC2)s1. The first-order valence-corrected chi connectivity index (χ1v) is 8.50. The minimum atomic E-state index is 0.373. The molecule has 3 heterocycles. The lowest BCUT2D eigenvalue weighted by Gasteiger charge is -2.34. The van der Waals surface area contributed by atoms with Gasteiger partial charge in [-0.3, -0.25) is 0 Å². The van der Waals surface area contributed by atoms with E-state index in [-0.39, 0.29) is 0 Å². The van der Waals surface area contributed by atoms with E-state index in [4.69, 9.17) is 0 Å². The van der Waals surface area contributed by atoms with Gasteiger partial charge in [-0.15, -0.1) is 22.7 Å². The van der Waals surface area contributed by atoms with Crippen molar-refractivity contribution in [2.45, 2.75) is 13.0 Å². The van der Waals surface area contributed by atoms with E-state index in [1.165, 1.54) is 4.88 Å². The summed E-state index contributed by atoms with van der Waals surface area (Å²) in [6, 6.07) is 0.373. The summed E-state index contributed by atoms with van der Waals surface area (Å²) in [4.78, 5) is 15.0. The minimum Gasteiger partial charge on any atom is -0.345 e. The highest BCUT2D eigenvalue weighted by Crippen LogP contribution is 2.28. The van der Waals surface area contributed by atoms with Gasteiger partial charge < -0.3 is 15.1 Å². The number of piperazine rings is 1. The Morgan fingerprint density at radius 3 is 2.45 bits per heavy atom. The van der Waals surface area contributed by atoms with E-state index in [9.17, 15) is 0 Å². The molecule has 1 atom stereocenters. The molecule has 1 aliphatic rings. The van der Waals surface area contributed by atoms with Crippen molar-refractivity contribution in [2.75, 3.05) is 43.0 Å². The fourth-order valence-electron chi connectivity index (χ4n) is 2.23. The van der Waals surface area contributed by atoms with Gasteiger partial charge in [0.25, 0.3) is 0 Å². The van der Waals surface area contributed by atoms with E-state index in [0.717, 1.165) is 36.4 Å². The number of nitrogens with zero attached hydrogens (tertiary/aromatic N) is 4. The van der Waals surface area contributed by atoms with Gasteiger partial charge in [-0.25, -0.2) is 9.97 Å². The summed E-state index contributed by atoms with van der Waals surface area (Å²) >= 11 is 3.50. The predicted octanol–water partition coefficient (Wildman–Crippen LogP) is 2.21. The van der Waals surface area contributed by atoms with Crippen molar-refractivity contribution < 1.29 is 0 Å². The van der Waals surface area contributed by atoms with E-state index in [0.29, 0.717) is 6.04 Å². The Kier molecular flexibility index (Phi) is 4.18. The van der Waals surface area contributed by atoms with E-state index < -0.39 is 0 Å². The largest absolute Gasteiger partial charge is 0.345 e. The van der Waals surface area contributed by atoms with Gasteiger partial charge in [-0.1, -0.05) is 0 Å². The molecule has 5 nitrogen and oxygen atoms in total. The Hall–Kier alpha value is -1.18. The standard InChI is InChI=1S/C13H19N5S2/c1-10(14-2)11-9-16-13(20-11)18-6-4-17(5-7-18)12-15-3-8-19-12/h3,8-10,14H,4-7H2,1-2H3. The van der Waals surface area contributed by atoms with Gasteiger partial charge in [0.1, 0.15) is 0 Å². The molecule has 0 aromatic carbocycles. The molecule has 108 valence electrons. The predicted molar refractivity (Wildman–Crippen MR) is 86.1 cm³/mol. The van der Waals surface area contributed by atoms with Crippen molar-refractivity contribution in [3.63, 3.8) is 0 Å². The molecule has 7 heteroatoms. The van der Waals surface area contributed by atoms with Crippen LogP contribution in [0.4, 0.5) is 10.3 Å². The quantitative estimate of drug-likeness (QED) is 0.938. The molecule has 1 fully saturated rings. The summed E-state index contributed by atoms with van der Waals surface area (Å²) in [5.74, 6) is 0. The molecule has 20 heavy (non-hydrogen) atoms. The molecule has 0 spiro atoms. The lowest BCUT2D eigenvalue weighted by atomic mass is 10.3. The highest BCUT2D eigenvalue weighted by molar-refractivity contribution is 7.15. The summed E-state index contributed by atoms with van der Waals surface area (Å²) in [5, 5.41) is 7.57. The zero-order chi connectivity index (χ0) is 13.9. The number of anilines is 2. The van der Waals surface area contributed by atoms with Gasteiger partial charge in [-0.2, -0.15) is 0 Å². The van der Waals surface area contributed by atoms with Crippen LogP contribution in [-0.2, 0) is 0 Å². The van der Waals surface area contributed by atoms with Gasteiger partial charge in [0.2, 0.25) is 0 Å². The fourth-order valence-corrected chi connectivity index (χ4v) is 3.95. The van der Waals surface area contributed by atoms with Crippen LogP contribution in [-0.4, -0.2) is 43.2 Å². The first-order chi connectivity index (χ1) is 9.78. The molecule has 1 aliphatic heterocycles. The van der Waals surface area contributed by atoms with Gasteiger partial charge >= 0.3 is 0 Å². The zero-order valence-electron chi connectivity index (χ0n) is 11.7. The van der Waals surface area contributed by atoms with Crippen LogP contribution >= 0.6 is 22.7 Å². The van der Waals surface area contributed by atoms with Crippen LogP contribution in [0.15, 0.2) is 17.8 Å². The average molecular weight is 309 g/mol. The fraction of sp³-hybridized carbons (Fsp3) is 0.538. The first-order valence-electron chi connectivity index (χ1n) is 6.80. The third-order valence-corrected chi connectivity index (χ3v) is 5.68. The smallest absolute Gasteiger partial charge is 0.185 e. The minimum absolute atomic E-state index is 0.373. The summed E-state index contributed by atoms with van der Waals surface area (Å²) in [5.41, 5.74) is 0. The maximum Gasteiger partial charge on any atom is 0.185 e. The summed E-state index contributed by atoms with van der Waals surface area (Å²) in [6.07, 6.45) is 3.87. The third-order valence-electron chi connectivity index (χ3n) is 3.61. The number of hydrogen-bond acceptors (Lipinski definition) is 7. The Bertz CT molecular complexity index is 531. The van der Waals surface area contributed by atoms with Crippen LogP contribution in [0.3, 0.4) is 0 Å². The molecule has 1 unspecified atom stereocenters. The summed E-state index contributed by atoms with van der Waals surface area (Å²) in [6.45, 7) is 6.23. The highest BCUT2D eigenvalue weighted by atomic mass is 32.1. The number of rotatable bonds is 4. The van der Waals surface area contributed by atoms with E-state index in [2.05, 4.69) is 32.0 Å². The molecule has 2 aromatic heterocycles. The second-order valence-electron chi connectivity index (χ2n) is 4.84. The molecule has 1 saturated heterocycles. The maximum atomic E-state index is 4.57. The van der Waals surface area contributed by atoms with Crippen molar-refractivity contribution in [1.29, 1.82) is 0 Å². The van der Waals surface area contributed by atoms with Crippen molar-refractivity contribution in [1.82, 2.24) is 15.3 Å². The topological polar surface area (TPSA) is 44.3 Å². The molecule has 0 radical (unpaired) electrons. The Labute approximate surface area is 127 Å². The van der Waals surface area contributed by atoms with Crippen LogP contribution in [0, 0.1) is 0 Å². The first kappa shape index (κ1) is 13.8. The average Bonchev–Trinajstić information content (AvgIpc) is 3.18. The molecule has 3 rings (SSSR count). The van der Waals surface area contributed by atoms with Crippen molar-refractivity contribution in [3.05, 3.63) is 22.7 Å². The molecule has 0 saturated carbocycles. The van der Waals surface area contributed by atoms with E-state index >= 15 is 0 Å². The molecular formula is C13H19N5S2. The second kappa shape index (κ2) is 6.07. The van der Waals surface area contributed by atoms with Gasteiger partial charge in [0, 0.05) is 54.9 Å². The van der Waals surface area contributed by atoms with Crippen molar-refractivity contribution >= 4 is 32.9 Å². The van der Waals surface area contributed by atoms with E-state index in [1.54, 1.807) is 22.7 Å². The maximum absolute atomic E-state index is 4.57. The van der Waals surface area contributed by atoms with Crippen LogP contribution in [0.2, 0.25) is 0 Å². The molecule has 0 aliphatic carbocycles. The Morgan fingerprint density at radius 2 is 1.85 bits per heavy atom. The van der Waals surface area contributed by atoms with Crippen LogP contribution < -0.4 is 15.1 Å². The summed E-state index contributed by atoms with van der Waals surface area (Å²) in [7, 11) is 1.98. The van der Waals surface area contributed by atoms with Gasteiger partial charge in [0.05, 0.1) is 0 Å². The number of hydrogen-bond donors (Lipinski definition) is 1. The van der Waals surface area contributed by atoms with Gasteiger partial charge in [-0.05, 0) is 14.0 Å². The van der Waals surface area contributed by atoms with Gasteiger partial charge in [0.15, 0.2) is 10.3 Å². The van der Waals surface area contributed by atoms with Crippen LogP contribution in [0.1, 0.15) is 17.8 Å². The molecule has 0 bridgehead atoms. The normalized spacial score (nSPS) is 17.5. The number of thiazole rings is 2. The number of nitrogens with one attached hydrogen (secondary N) is 1. The third kappa shape index (κ3) is 2.79. The van der Waals surface area contributed by atoms with Crippen LogP contribution in [0.25, 0.3) is 0 Å². The van der Waals surface area contributed by atoms with E-state index in [1.807, 2.05) is 24.8 Å². The molecule has 0 amide bonds.